The van der Waals surface area contributed by atoms with Crippen molar-refractivity contribution in [3.05, 3.63) is 35.9 Å². The van der Waals surface area contributed by atoms with Crippen molar-refractivity contribution in [1.29, 1.82) is 0 Å². The topological polar surface area (TPSA) is 92.8 Å². The number of hydrogen-bond acceptors (Lipinski definition) is 5. The number of nitrogens with zero attached hydrogens (tertiary/aromatic N) is 1. The molecule has 1 aliphatic heterocycles. The Balaban J connectivity index is 1.94. The molecule has 2 rings (SSSR count). The summed E-state index contributed by atoms with van der Waals surface area (Å²) in [6.07, 6.45) is 0.439. The van der Waals surface area contributed by atoms with E-state index in [2.05, 4.69) is 5.48 Å². The zero-order chi connectivity index (χ0) is 20.9. The molecule has 1 heterocycles. The molecule has 1 atom stereocenters. The van der Waals surface area contributed by atoms with E-state index < -0.39 is 15.3 Å². The third-order valence-corrected chi connectivity index (χ3v) is 6.71. The van der Waals surface area contributed by atoms with Crippen LogP contribution < -0.4 is 5.48 Å². The fourth-order valence-electron chi connectivity index (χ4n) is 3.23. The second-order valence-corrected chi connectivity index (χ2v) is 10.4. The second-order valence-electron chi connectivity index (χ2n) is 8.21. The molecule has 1 aromatic rings. The Morgan fingerprint density at radius 2 is 1.89 bits per heavy atom. The maximum atomic E-state index is 12.6. The summed E-state index contributed by atoms with van der Waals surface area (Å²) in [5.74, 6) is -0.404. The number of hydrogen-bond donors (Lipinski definition) is 1. The highest BCUT2D eigenvalue weighted by atomic mass is 32.2. The average Bonchev–Trinajstić information content (AvgIpc) is 2.99. The third kappa shape index (κ3) is 5.78. The summed E-state index contributed by atoms with van der Waals surface area (Å²) in [5, 5.41) is 0. The molecule has 0 aliphatic carbocycles. The lowest BCUT2D eigenvalue weighted by Crippen LogP contribution is -2.47. The largest absolute Gasteiger partial charge is 0.336 e. The van der Waals surface area contributed by atoms with Crippen molar-refractivity contribution in [2.75, 3.05) is 24.7 Å². The minimum atomic E-state index is -3.10. The Hall–Kier alpha value is -1.93. The number of nitrogens with one attached hydrogen (secondary N) is 1. The van der Waals surface area contributed by atoms with Gasteiger partial charge in [0.1, 0.15) is 0 Å². The van der Waals surface area contributed by atoms with Crippen LogP contribution in [0.3, 0.4) is 0 Å². The Morgan fingerprint density at radius 3 is 2.43 bits per heavy atom. The van der Waals surface area contributed by atoms with Gasteiger partial charge in [0, 0.05) is 12.6 Å². The molecule has 0 aromatic heterocycles. The van der Waals surface area contributed by atoms with Gasteiger partial charge in [-0.2, -0.15) is 0 Å². The van der Waals surface area contributed by atoms with E-state index in [1.807, 2.05) is 44.2 Å². The Morgan fingerprint density at radius 1 is 1.25 bits per heavy atom. The van der Waals surface area contributed by atoms with Gasteiger partial charge in [-0.25, -0.2) is 13.9 Å². The molecule has 1 aromatic carbocycles. The zero-order valence-corrected chi connectivity index (χ0v) is 17.8. The zero-order valence-electron chi connectivity index (χ0n) is 17.0. The highest BCUT2D eigenvalue weighted by Gasteiger charge is 2.35. The number of rotatable bonds is 8. The molecule has 1 fully saturated rings. The van der Waals surface area contributed by atoms with Gasteiger partial charge >= 0.3 is 0 Å². The first-order valence-corrected chi connectivity index (χ1v) is 11.3. The Bertz CT molecular complexity index is 790. The molecular weight excluding hydrogens is 380 g/mol. The third-order valence-electron chi connectivity index (χ3n) is 4.96. The van der Waals surface area contributed by atoms with Crippen LogP contribution in [0.4, 0.5) is 0 Å². The standard InChI is InChI=1S/C20H30N2O5S/c1-15(2)12-22(17-10-11-28(25,26)14-17)18(23)13-27-21-19(24)20(3,4)16-8-6-5-7-9-16/h5-9,15,17H,10-14H2,1-4H3,(H,21,24). The summed E-state index contributed by atoms with van der Waals surface area (Å²) in [6, 6.07) is 8.97. The van der Waals surface area contributed by atoms with Crippen LogP contribution in [-0.4, -0.2) is 55.8 Å². The van der Waals surface area contributed by atoms with Gasteiger partial charge in [-0.3, -0.25) is 14.4 Å². The van der Waals surface area contributed by atoms with E-state index in [0.29, 0.717) is 13.0 Å². The molecule has 1 saturated heterocycles. The van der Waals surface area contributed by atoms with E-state index in [9.17, 15) is 18.0 Å². The van der Waals surface area contributed by atoms with Crippen molar-refractivity contribution in [1.82, 2.24) is 10.4 Å². The van der Waals surface area contributed by atoms with Gasteiger partial charge < -0.3 is 4.90 Å². The molecule has 0 bridgehead atoms. The summed E-state index contributed by atoms with van der Waals surface area (Å²) >= 11 is 0. The average molecular weight is 411 g/mol. The number of benzene rings is 1. The molecule has 1 N–H and O–H groups in total. The van der Waals surface area contributed by atoms with Crippen molar-refractivity contribution < 1.29 is 22.8 Å². The van der Waals surface area contributed by atoms with E-state index >= 15 is 0 Å². The first-order valence-electron chi connectivity index (χ1n) is 9.50. The van der Waals surface area contributed by atoms with Gasteiger partial charge in [0.15, 0.2) is 16.4 Å². The SMILES string of the molecule is CC(C)CN(C(=O)CONC(=O)C(C)(C)c1ccccc1)C1CCS(=O)(=O)C1. The minimum Gasteiger partial charge on any atom is -0.336 e. The second kappa shape index (κ2) is 9.05. The van der Waals surface area contributed by atoms with Gasteiger partial charge in [0.2, 0.25) is 0 Å². The molecule has 0 radical (unpaired) electrons. The van der Waals surface area contributed by atoms with Crippen LogP contribution in [0.2, 0.25) is 0 Å². The van der Waals surface area contributed by atoms with Crippen LogP contribution in [0.1, 0.15) is 39.7 Å². The van der Waals surface area contributed by atoms with Crippen LogP contribution in [0.25, 0.3) is 0 Å². The molecule has 2 amide bonds. The quantitative estimate of drug-likeness (QED) is 0.658. The van der Waals surface area contributed by atoms with Crippen LogP contribution in [-0.2, 0) is 29.7 Å². The number of carbonyl (C=O) groups is 2. The van der Waals surface area contributed by atoms with E-state index in [4.69, 9.17) is 4.84 Å². The van der Waals surface area contributed by atoms with Crippen LogP contribution in [0.15, 0.2) is 30.3 Å². The number of amides is 2. The van der Waals surface area contributed by atoms with Gasteiger partial charge in [0.05, 0.1) is 16.9 Å². The van der Waals surface area contributed by atoms with Crippen LogP contribution >= 0.6 is 0 Å². The predicted molar refractivity (Wildman–Crippen MR) is 107 cm³/mol. The van der Waals surface area contributed by atoms with Crippen LogP contribution in [0, 0.1) is 5.92 Å². The van der Waals surface area contributed by atoms with Crippen molar-refractivity contribution in [2.45, 2.75) is 45.6 Å². The molecule has 1 aliphatic rings. The van der Waals surface area contributed by atoms with Crippen molar-refractivity contribution in [2.24, 2.45) is 5.92 Å². The van der Waals surface area contributed by atoms with E-state index in [1.54, 1.807) is 18.7 Å². The summed E-state index contributed by atoms with van der Waals surface area (Å²) < 4.78 is 23.6. The predicted octanol–water partition coefficient (Wildman–Crippen LogP) is 1.68. The maximum absolute atomic E-state index is 12.6. The molecular formula is C20H30N2O5S. The maximum Gasteiger partial charge on any atom is 0.253 e. The van der Waals surface area contributed by atoms with Gasteiger partial charge in [0.25, 0.3) is 11.8 Å². The first-order chi connectivity index (χ1) is 13.0. The van der Waals surface area contributed by atoms with E-state index in [0.717, 1.165) is 5.56 Å². The van der Waals surface area contributed by atoms with Crippen LogP contribution in [0.5, 0.6) is 0 Å². The molecule has 8 heteroatoms. The minimum absolute atomic E-state index is 0.0150. The summed E-state index contributed by atoms with van der Waals surface area (Å²) in [5.41, 5.74) is 2.38. The number of carbonyl (C=O) groups excluding carboxylic acids is 2. The van der Waals surface area contributed by atoms with E-state index in [-0.39, 0.29) is 41.9 Å². The smallest absolute Gasteiger partial charge is 0.253 e. The summed E-state index contributed by atoms with van der Waals surface area (Å²) in [7, 11) is -3.10. The van der Waals surface area contributed by atoms with Gasteiger partial charge in [-0.1, -0.05) is 44.2 Å². The molecule has 0 saturated carbocycles. The Kier molecular flexibility index (Phi) is 7.22. The Labute approximate surface area is 167 Å². The fourth-order valence-corrected chi connectivity index (χ4v) is 4.96. The van der Waals surface area contributed by atoms with Gasteiger partial charge in [-0.05, 0) is 31.7 Å². The molecule has 0 spiro atoms. The highest BCUT2D eigenvalue weighted by molar-refractivity contribution is 7.91. The van der Waals surface area contributed by atoms with E-state index in [1.165, 1.54) is 0 Å². The fraction of sp³-hybridized carbons (Fsp3) is 0.600. The van der Waals surface area contributed by atoms with Gasteiger partial charge in [-0.15, -0.1) is 0 Å². The first kappa shape index (κ1) is 22.4. The highest BCUT2D eigenvalue weighted by Crippen LogP contribution is 2.23. The number of hydroxylamine groups is 1. The molecule has 1 unspecified atom stereocenters. The molecule has 156 valence electrons. The number of sulfone groups is 1. The molecule has 7 nitrogen and oxygen atoms in total. The summed E-state index contributed by atoms with van der Waals surface area (Å²) in [6.45, 7) is 7.60. The monoisotopic (exact) mass is 410 g/mol. The van der Waals surface area contributed by atoms with Crippen molar-refractivity contribution in [3.8, 4) is 0 Å². The van der Waals surface area contributed by atoms with Crippen molar-refractivity contribution >= 4 is 21.7 Å². The lowest BCUT2D eigenvalue weighted by molar-refractivity contribution is -0.148. The lowest BCUT2D eigenvalue weighted by Gasteiger charge is -2.30. The normalized spacial score (nSPS) is 18.8. The molecule has 28 heavy (non-hydrogen) atoms. The summed E-state index contributed by atoms with van der Waals surface area (Å²) in [4.78, 5) is 31.9. The van der Waals surface area contributed by atoms with Crippen molar-refractivity contribution in [3.63, 3.8) is 0 Å². The lowest BCUT2D eigenvalue weighted by atomic mass is 9.84.